The molecule has 0 saturated heterocycles. The van der Waals surface area contributed by atoms with E-state index in [2.05, 4.69) is 32.4 Å². The van der Waals surface area contributed by atoms with Gasteiger partial charge in [0.05, 0.1) is 30.3 Å². The molecule has 0 bridgehead atoms. The number of benzene rings is 1. The van der Waals surface area contributed by atoms with Crippen LogP contribution < -0.4 is 9.46 Å². The number of carbonyl (C=O) groups is 1. The third kappa shape index (κ3) is 5.95. The molecule has 0 heterocycles. The van der Waals surface area contributed by atoms with Crippen molar-refractivity contribution < 1.29 is 32.9 Å². The van der Waals surface area contributed by atoms with Crippen LogP contribution in [-0.4, -0.2) is 50.1 Å². The minimum atomic E-state index is -4.06. The first kappa shape index (κ1) is 32.6. The molecular weight excluding hydrogens is 566 g/mol. The quantitative estimate of drug-likeness (QED) is 0.303. The second-order valence-electron chi connectivity index (χ2n) is 14.6. The molecule has 9 heteroatoms. The summed E-state index contributed by atoms with van der Waals surface area (Å²) >= 11 is 0. The molecule has 43 heavy (non-hydrogen) atoms. The van der Waals surface area contributed by atoms with Crippen LogP contribution in [0.15, 0.2) is 29.2 Å². The van der Waals surface area contributed by atoms with E-state index in [0.717, 1.165) is 57.8 Å². The van der Waals surface area contributed by atoms with Gasteiger partial charge in [0.1, 0.15) is 5.75 Å². The van der Waals surface area contributed by atoms with Crippen LogP contribution in [0, 0.1) is 52.3 Å². The molecule has 0 unspecified atom stereocenters. The van der Waals surface area contributed by atoms with Crippen LogP contribution in [0.2, 0.25) is 0 Å². The highest BCUT2D eigenvalue weighted by atomic mass is 32.2. The highest BCUT2D eigenvalue weighted by Crippen LogP contribution is 2.69. The maximum absolute atomic E-state index is 12.8. The van der Waals surface area contributed by atoms with Crippen molar-refractivity contribution in [2.24, 2.45) is 52.3 Å². The van der Waals surface area contributed by atoms with Gasteiger partial charge < -0.3 is 19.7 Å². The Labute approximate surface area is 258 Å². The molecular formula is C34H53NO7S. The van der Waals surface area contributed by atoms with Gasteiger partial charge in [0.25, 0.3) is 10.0 Å². The molecule has 0 aliphatic heterocycles. The molecule has 1 amide bonds. The molecule has 8 nitrogen and oxygen atoms in total. The van der Waals surface area contributed by atoms with Crippen molar-refractivity contribution >= 4 is 16.1 Å². The number of aliphatic hydroxyl groups excluding tert-OH is 2. The van der Waals surface area contributed by atoms with Gasteiger partial charge >= 0.3 is 6.09 Å². The lowest BCUT2D eigenvalue weighted by molar-refractivity contribution is -0.203. The van der Waals surface area contributed by atoms with Gasteiger partial charge in [0.2, 0.25) is 0 Å². The second-order valence-corrected chi connectivity index (χ2v) is 16.3. The van der Waals surface area contributed by atoms with Gasteiger partial charge in [0, 0.05) is 0 Å². The van der Waals surface area contributed by atoms with E-state index in [1.165, 1.54) is 12.1 Å². The highest BCUT2D eigenvalue weighted by molar-refractivity contribution is 7.90. The van der Waals surface area contributed by atoms with Crippen molar-refractivity contribution in [1.29, 1.82) is 0 Å². The first-order chi connectivity index (χ1) is 20.4. The predicted molar refractivity (Wildman–Crippen MR) is 165 cm³/mol. The Morgan fingerprint density at radius 2 is 1.67 bits per heavy atom. The molecule has 5 rings (SSSR count). The number of fused-ring (bicyclic) bond motifs is 5. The number of aliphatic hydroxyl groups is 2. The van der Waals surface area contributed by atoms with Crippen LogP contribution in [0.3, 0.4) is 0 Å². The number of ether oxygens (including phenoxy) is 2. The van der Waals surface area contributed by atoms with Crippen LogP contribution >= 0.6 is 0 Å². The summed E-state index contributed by atoms with van der Waals surface area (Å²) in [6.07, 6.45) is 7.16. The van der Waals surface area contributed by atoms with Crippen molar-refractivity contribution in [2.45, 2.75) is 110 Å². The minimum Gasteiger partial charge on any atom is -0.494 e. The molecule has 0 aromatic heterocycles. The fourth-order valence-electron chi connectivity index (χ4n) is 10.4. The van der Waals surface area contributed by atoms with Crippen molar-refractivity contribution in [2.75, 3.05) is 13.2 Å². The molecule has 3 N–H and O–H groups in total. The average Bonchev–Trinajstić information content (AvgIpc) is 3.33. The van der Waals surface area contributed by atoms with Crippen molar-refractivity contribution in [1.82, 2.24) is 4.72 Å². The summed E-state index contributed by atoms with van der Waals surface area (Å²) in [7, 11) is -4.06. The van der Waals surface area contributed by atoms with E-state index in [1.807, 2.05) is 6.92 Å². The number of rotatable bonds is 9. The number of amides is 1. The standard InChI is InChI=1S/C34H53NO7S/c1-6-18-41-23-8-10-24(11-9-23)43(39,40)35-32(38)42-20-21(3)26-12-13-27-30-28(15-17-33(26,27)4)34(5)16-14-22(36)19-29(34)25(7-2)31(30)37/h8-11,21-22,25-31,36-37H,6-7,12-20H2,1-5H3,(H,35,38)/t21-,22-,25-,26-,27+,28+,29+,30+,31-,33-,34-/m1/s1. The molecule has 1 aromatic carbocycles. The first-order valence-corrected chi connectivity index (χ1v) is 18.1. The molecule has 4 aliphatic carbocycles. The monoisotopic (exact) mass is 619 g/mol. The van der Waals surface area contributed by atoms with E-state index >= 15 is 0 Å². The molecule has 4 saturated carbocycles. The lowest BCUT2D eigenvalue weighted by Gasteiger charge is -2.64. The summed E-state index contributed by atoms with van der Waals surface area (Å²) in [4.78, 5) is 12.6. The maximum atomic E-state index is 12.8. The molecule has 242 valence electrons. The maximum Gasteiger partial charge on any atom is 0.421 e. The molecule has 1 aromatic rings. The number of sulfonamides is 1. The average molecular weight is 620 g/mol. The number of hydrogen-bond donors (Lipinski definition) is 3. The Morgan fingerprint density at radius 1 is 1.00 bits per heavy atom. The normalized spacial score (nSPS) is 39.6. The van der Waals surface area contributed by atoms with Crippen LogP contribution in [0.5, 0.6) is 5.75 Å². The number of nitrogens with one attached hydrogen (secondary N) is 1. The lowest BCUT2D eigenvalue weighted by Crippen LogP contribution is -2.62. The molecule has 4 fully saturated rings. The Kier molecular flexibility index (Phi) is 9.47. The van der Waals surface area contributed by atoms with Gasteiger partial charge in [-0.2, -0.15) is 0 Å². The topological polar surface area (TPSA) is 122 Å². The Balaban J connectivity index is 1.22. The van der Waals surface area contributed by atoms with Gasteiger partial charge in [0.15, 0.2) is 0 Å². The van der Waals surface area contributed by atoms with Crippen LogP contribution in [-0.2, 0) is 14.8 Å². The Bertz CT molecular complexity index is 1240. The summed E-state index contributed by atoms with van der Waals surface area (Å²) in [5.41, 5.74) is 0.190. The molecule has 4 aliphatic rings. The third-order valence-corrected chi connectivity index (χ3v) is 13.8. The summed E-state index contributed by atoms with van der Waals surface area (Å²) in [6, 6.07) is 5.99. The van der Waals surface area contributed by atoms with Gasteiger partial charge in [-0.05, 0) is 128 Å². The largest absolute Gasteiger partial charge is 0.494 e. The van der Waals surface area contributed by atoms with E-state index in [-0.39, 0.29) is 52.3 Å². The van der Waals surface area contributed by atoms with Crippen molar-refractivity contribution in [3.05, 3.63) is 24.3 Å². The zero-order valence-corrected chi connectivity index (χ0v) is 27.4. The fourth-order valence-corrected chi connectivity index (χ4v) is 11.3. The zero-order valence-electron chi connectivity index (χ0n) is 26.6. The Morgan fingerprint density at radius 3 is 2.35 bits per heavy atom. The Hall–Kier alpha value is -1.84. The van der Waals surface area contributed by atoms with Gasteiger partial charge in [-0.3, -0.25) is 0 Å². The summed E-state index contributed by atoms with van der Waals surface area (Å²) in [6.45, 7) is 11.8. The summed E-state index contributed by atoms with van der Waals surface area (Å²) in [5, 5.41) is 22.4. The SMILES string of the molecule is CCCOc1ccc(S(=O)(=O)NC(=O)OC[C@@H](C)[C@H]2CC[C@H]3[C@@H]4[C@H](O)[C@H](CC)[C@@H]5C[C@H](O)CC[C@]5(C)[C@H]4CC[C@]23C)cc1. The van der Waals surface area contributed by atoms with Crippen molar-refractivity contribution in [3.63, 3.8) is 0 Å². The van der Waals surface area contributed by atoms with Gasteiger partial charge in [-0.1, -0.05) is 41.0 Å². The summed E-state index contributed by atoms with van der Waals surface area (Å²) in [5.74, 6) is 2.68. The third-order valence-electron chi connectivity index (χ3n) is 12.5. The molecule has 11 atom stereocenters. The zero-order chi connectivity index (χ0) is 31.2. The van der Waals surface area contributed by atoms with E-state index < -0.39 is 16.1 Å². The number of carbonyl (C=O) groups excluding carboxylic acids is 1. The van der Waals surface area contributed by atoms with E-state index in [9.17, 15) is 23.4 Å². The molecule has 0 spiro atoms. The first-order valence-electron chi connectivity index (χ1n) is 16.6. The van der Waals surface area contributed by atoms with Crippen LogP contribution in [0.1, 0.15) is 92.4 Å². The summed E-state index contributed by atoms with van der Waals surface area (Å²) < 4.78 is 38.6. The van der Waals surface area contributed by atoms with E-state index in [1.54, 1.807) is 12.1 Å². The smallest absolute Gasteiger partial charge is 0.421 e. The number of hydrogen-bond acceptors (Lipinski definition) is 7. The van der Waals surface area contributed by atoms with Gasteiger partial charge in [-0.15, -0.1) is 0 Å². The lowest BCUT2D eigenvalue weighted by atomic mass is 9.41. The van der Waals surface area contributed by atoms with E-state index in [0.29, 0.717) is 36.0 Å². The highest BCUT2D eigenvalue weighted by Gasteiger charge is 2.64. The molecule has 0 radical (unpaired) electrons. The van der Waals surface area contributed by atoms with E-state index in [4.69, 9.17) is 9.47 Å². The van der Waals surface area contributed by atoms with Crippen LogP contribution in [0.25, 0.3) is 0 Å². The fraction of sp³-hybridized carbons (Fsp3) is 0.794. The van der Waals surface area contributed by atoms with Crippen molar-refractivity contribution in [3.8, 4) is 5.75 Å². The van der Waals surface area contributed by atoms with Gasteiger partial charge in [-0.25, -0.2) is 17.9 Å². The second kappa shape index (κ2) is 12.5. The van der Waals surface area contributed by atoms with Crippen LogP contribution in [0.4, 0.5) is 4.79 Å². The predicted octanol–water partition coefficient (Wildman–Crippen LogP) is 6.15. The minimum absolute atomic E-state index is 0.0240.